The molecule has 0 radical (unpaired) electrons. The fourth-order valence-corrected chi connectivity index (χ4v) is 4.89. The first-order valence-electron chi connectivity index (χ1n) is 11.1. The average Bonchev–Trinajstić information content (AvgIpc) is 3.56. The molecule has 32 heavy (non-hydrogen) atoms. The molecular formula is C25H24N4O2S. The normalized spacial score (nSPS) is 19.8. The van der Waals surface area contributed by atoms with Crippen molar-refractivity contribution in [3.8, 4) is 16.3 Å². The SMILES string of the molecule is CC1CC1c1ccc(CN(C(=O)c2csc(-c3cnn(-c4ccccc4)c3)n2)C2CC2)o1. The second kappa shape index (κ2) is 7.74. The van der Waals surface area contributed by atoms with Crippen molar-refractivity contribution < 1.29 is 9.21 Å². The van der Waals surface area contributed by atoms with Crippen molar-refractivity contribution in [2.75, 3.05) is 0 Å². The van der Waals surface area contributed by atoms with E-state index in [0.29, 0.717) is 24.1 Å². The average molecular weight is 445 g/mol. The number of hydrogen-bond acceptors (Lipinski definition) is 5. The zero-order valence-electron chi connectivity index (χ0n) is 17.8. The molecule has 0 N–H and O–H groups in total. The zero-order chi connectivity index (χ0) is 21.7. The van der Waals surface area contributed by atoms with E-state index in [1.165, 1.54) is 17.8 Å². The van der Waals surface area contributed by atoms with Crippen LogP contribution in [0.3, 0.4) is 0 Å². The van der Waals surface area contributed by atoms with Crippen LogP contribution in [0.5, 0.6) is 0 Å². The summed E-state index contributed by atoms with van der Waals surface area (Å²) in [6.07, 6.45) is 7.02. The highest BCUT2D eigenvalue weighted by Gasteiger charge is 2.38. The second-order valence-electron chi connectivity index (χ2n) is 8.83. The van der Waals surface area contributed by atoms with E-state index in [2.05, 4.69) is 23.1 Å². The zero-order valence-corrected chi connectivity index (χ0v) is 18.7. The van der Waals surface area contributed by atoms with Gasteiger partial charge in [-0.05, 0) is 49.4 Å². The largest absolute Gasteiger partial charge is 0.464 e. The van der Waals surface area contributed by atoms with Gasteiger partial charge in [-0.25, -0.2) is 9.67 Å². The molecule has 0 saturated heterocycles. The second-order valence-corrected chi connectivity index (χ2v) is 9.69. The predicted molar refractivity (Wildman–Crippen MR) is 123 cm³/mol. The van der Waals surface area contributed by atoms with E-state index in [9.17, 15) is 4.79 Å². The summed E-state index contributed by atoms with van der Waals surface area (Å²) in [7, 11) is 0. The number of rotatable bonds is 7. The maximum atomic E-state index is 13.3. The van der Waals surface area contributed by atoms with Crippen LogP contribution in [0, 0.1) is 5.92 Å². The van der Waals surface area contributed by atoms with Crippen molar-refractivity contribution in [3.63, 3.8) is 0 Å². The van der Waals surface area contributed by atoms with Crippen molar-refractivity contribution in [2.45, 2.75) is 44.7 Å². The molecule has 2 aliphatic carbocycles. The summed E-state index contributed by atoms with van der Waals surface area (Å²) < 4.78 is 7.89. The first-order chi connectivity index (χ1) is 15.7. The first-order valence-corrected chi connectivity index (χ1v) is 12.0. The van der Waals surface area contributed by atoms with E-state index in [0.717, 1.165) is 40.6 Å². The Kier molecular flexibility index (Phi) is 4.72. The van der Waals surface area contributed by atoms with Crippen molar-refractivity contribution in [2.24, 2.45) is 5.92 Å². The molecule has 6 rings (SSSR count). The molecule has 0 spiro atoms. The number of benzene rings is 1. The van der Waals surface area contributed by atoms with Gasteiger partial charge in [0.2, 0.25) is 0 Å². The van der Waals surface area contributed by atoms with Crippen LogP contribution in [0.4, 0.5) is 0 Å². The molecule has 2 fully saturated rings. The first kappa shape index (κ1) is 19.5. The summed E-state index contributed by atoms with van der Waals surface area (Å²) in [5.41, 5.74) is 2.39. The van der Waals surface area contributed by atoms with Crippen molar-refractivity contribution in [3.05, 3.63) is 77.5 Å². The molecule has 0 aliphatic heterocycles. The summed E-state index contributed by atoms with van der Waals surface area (Å²) in [5, 5.41) is 7.10. The quantitative estimate of drug-likeness (QED) is 0.377. The van der Waals surface area contributed by atoms with Crippen LogP contribution in [0.15, 0.2) is 64.7 Å². The van der Waals surface area contributed by atoms with E-state index >= 15 is 0 Å². The van der Waals surface area contributed by atoms with Crippen LogP contribution in [0.2, 0.25) is 0 Å². The molecular weight excluding hydrogens is 420 g/mol. The van der Waals surface area contributed by atoms with Crippen LogP contribution in [-0.2, 0) is 6.54 Å². The van der Waals surface area contributed by atoms with Gasteiger partial charge in [-0.2, -0.15) is 5.10 Å². The van der Waals surface area contributed by atoms with Crippen LogP contribution >= 0.6 is 11.3 Å². The molecule has 1 amide bonds. The van der Waals surface area contributed by atoms with Gasteiger partial charge in [0.25, 0.3) is 5.91 Å². The highest BCUT2D eigenvalue weighted by molar-refractivity contribution is 7.13. The number of aromatic nitrogens is 3. The molecule has 2 aliphatic rings. The number of carbonyl (C=O) groups excluding carboxylic acids is 1. The van der Waals surface area contributed by atoms with Gasteiger partial charge in [-0.1, -0.05) is 25.1 Å². The Balaban J connectivity index is 1.19. The molecule has 2 saturated carbocycles. The van der Waals surface area contributed by atoms with Crippen molar-refractivity contribution >= 4 is 17.2 Å². The highest BCUT2D eigenvalue weighted by Crippen LogP contribution is 2.47. The molecule has 3 aromatic heterocycles. The van der Waals surface area contributed by atoms with Gasteiger partial charge < -0.3 is 9.32 Å². The number of nitrogens with zero attached hydrogens (tertiary/aromatic N) is 4. The molecule has 6 nitrogen and oxygen atoms in total. The van der Waals surface area contributed by atoms with Crippen LogP contribution in [-0.4, -0.2) is 31.6 Å². The lowest BCUT2D eigenvalue weighted by atomic mass is 10.3. The number of hydrogen-bond donors (Lipinski definition) is 0. The lowest BCUT2D eigenvalue weighted by Crippen LogP contribution is -2.32. The topological polar surface area (TPSA) is 64.2 Å². The Morgan fingerprint density at radius 1 is 1.22 bits per heavy atom. The molecule has 4 aromatic rings. The Bertz CT molecular complexity index is 1250. The molecule has 1 aromatic carbocycles. The number of carbonyl (C=O) groups is 1. The smallest absolute Gasteiger partial charge is 0.274 e. The third-order valence-corrected chi connectivity index (χ3v) is 7.20. The minimum Gasteiger partial charge on any atom is -0.464 e. The van der Waals surface area contributed by atoms with E-state index in [1.54, 1.807) is 6.20 Å². The molecule has 7 heteroatoms. The van der Waals surface area contributed by atoms with Crippen molar-refractivity contribution in [1.82, 2.24) is 19.7 Å². The summed E-state index contributed by atoms with van der Waals surface area (Å²) in [5.74, 6) is 3.14. The fraction of sp³-hybridized carbons (Fsp3) is 0.320. The van der Waals surface area contributed by atoms with Crippen LogP contribution in [0.25, 0.3) is 16.3 Å². The standard InChI is InChI=1S/C25H24N4O2S/c1-16-11-21(16)23-10-9-20(31-23)14-28(18-7-8-18)25(30)22-15-32-24(27-22)17-12-26-29(13-17)19-5-3-2-4-6-19/h2-6,9-10,12-13,15-16,18,21H,7-8,11,14H2,1H3. The van der Waals surface area contributed by atoms with E-state index < -0.39 is 0 Å². The maximum Gasteiger partial charge on any atom is 0.274 e. The van der Waals surface area contributed by atoms with Crippen molar-refractivity contribution in [1.29, 1.82) is 0 Å². The lowest BCUT2D eigenvalue weighted by Gasteiger charge is -2.20. The van der Waals surface area contributed by atoms with Crippen LogP contribution in [0.1, 0.15) is 54.1 Å². The molecule has 0 bridgehead atoms. The number of thiazole rings is 1. The Morgan fingerprint density at radius 3 is 2.78 bits per heavy atom. The lowest BCUT2D eigenvalue weighted by molar-refractivity contribution is 0.0711. The van der Waals surface area contributed by atoms with Gasteiger partial charge in [0.05, 0.1) is 18.4 Å². The van der Waals surface area contributed by atoms with Gasteiger partial charge >= 0.3 is 0 Å². The third kappa shape index (κ3) is 3.77. The Morgan fingerprint density at radius 2 is 2.03 bits per heavy atom. The van der Waals surface area contributed by atoms with Crippen LogP contribution < -0.4 is 0 Å². The number of furan rings is 1. The van der Waals surface area contributed by atoms with E-state index in [-0.39, 0.29) is 11.9 Å². The summed E-state index contributed by atoms with van der Waals surface area (Å²) in [6, 6.07) is 14.3. The third-order valence-electron chi connectivity index (χ3n) is 6.31. The summed E-state index contributed by atoms with van der Waals surface area (Å²) in [4.78, 5) is 19.9. The van der Waals surface area contributed by atoms with Gasteiger partial charge in [-0.15, -0.1) is 11.3 Å². The molecule has 3 heterocycles. The molecule has 2 atom stereocenters. The maximum absolute atomic E-state index is 13.3. The highest BCUT2D eigenvalue weighted by atomic mass is 32.1. The summed E-state index contributed by atoms with van der Waals surface area (Å²) >= 11 is 1.48. The van der Waals surface area contributed by atoms with E-state index in [1.807, 2.05) is 57.6 Å². The minimum atomic E-state index is -0.0248. The monoisotopic (exact) mass is 444 g/mol. The fourth-order valence-electron chi connectivity index (χ4n) is 4.13. The van der Waals surface area contributed by atoms with Gasteiger partial charge in [-0.3, -0.25) is 4.79 Å². The van der Waals surface area contributed by atoms with Gasteiger partial charge in [0.15, 0.2) is 0 Å². The van der Waals surface area contributed by atoms with Gasteiger partial charge in [0.1, 0.15) is 22.2 Å². The summed E-state index contributed by atoms with van der Waals surface area (Å²) in [6.45, 7) is 2.75. The Hall–Kier alpha value is -3.19. The Labute approximate surface area is 190 Å². The van der Waals surface area contributed by atoms with E-state index in [4.69, 9.17) is 4.42 Å². The van der Waals surface area contributed by atoms with Gasteiger partial charge in [0, 0.05) is 29.1 Å². The number of para-hydroxylation sites is 1. The predicted octanol–water partition coefficient (Wildman–Crippen LogP) is 5.52. The molecule has 162 valence electrons. The number of amides is 1. The minimum absolute atomic E-state index is 0.0248. The molecule has 2 unspecified atom stereocenters.